The summed E-state index contributed by atoms with van der Waals surface area (Å²) in [6, 6.07) is -3.30. The number of ether oxygens (including phenoxy) is 1. The quantitative estimate of drug-likeness (QED) is 0.0365. The van der Waals surface area contributed by atoms with Crippen LogP contribution in [0, 0.1) is 0 Å². The number of hydrogen-bond acceptors (Lipinski definition) is 24. The van der Waals surface area contributed by atoms with Gasteiger partial charge in [-0.1, -0.05) is 49.0 Å². The molecule has 0 radical (unpaired) electrons. The van der Waals surface area contributed by atoms with Gasteiger partial charge in [0, 0.05) is 331 Å². The first-order valence-electron chi connectivity index (χ1n) is 46.9. The minimum absolute atomic E-state index is 0. The number of carbonyl (C=O) groups excluding carboxylic acids is 19. The number of thioether (sulfide) groups is 4. The van der Waals surface area contributed by atoms with Gasteiger partial charge in [-0.05, 0) is 64.7 Å². The predicted octanol–water partition coefficient (Wildman–Crippen LogP) is 4.28. The SMILES string of the molecule is C.CC.CCOC(=O)C(CCCCNC(=O)C(CCCCNC(=O)CCSCCN(CCN(CCN(C)C(C)=O)C(C)=O)C(=O)CC)NC(=O)CCSCCN(CCN(CCN(C)C(C)=O)C(C)=O)C(=O)CC)NC(=O)C(CCCCNC(=O)CCSCCN(CCN(CCN(C)C(C)=O)C(C)=O)C(=O)CC)NC(=O)CCSCCN(CCN(CCN(C)C(C)=O)C(C)=O)C(=O)CC. The largest absolute Gasteiger partial charge is 0.464 e. The van der Waals surface area contributed by atoms with E-state index in [0.29, 0.717) is 183 Å². The maximum Gasteiger partial charge on any atom is 0.328 e. The fourth-order valence-corrected chi connectivity index (χ4v) is 16.2. The normalized spacial score (nSPS) is 11.3. The van der Waals surface area contributed by atoms with E-state index in [0.717, 1.165) is 0 Å². The van der Waals surface area contributed by atoms with E-state index >= 15 is 0 Å². The van der Waals surface area contributed by atoms with Crippen molar-refractivity contribution in [2.24, 2.45) is 0 Å². The molecule has 0 spiro atoms. The Morgan fingerprint density at radius 2 is 0.496 bits per heavy atom. The summed E-state index contributed by atoms with van der Waals surface area (Å²) < 4.78 is 5.43. The van der Waals surface area contributed by atoms with Gasteiger partial charge < -0.3 is 95.4 Å². The zero-order chi connectivity index (χ0) is 100. The van der Waals surface area contributed by atoms with Gasteiger partial charge in [-0.15, -0.1) is 0 Å². The summed E-state index contributed by atoms with van der Waals surface area (Å²) in [6.07, 6.45) is 4.06. The van der Waals surface area contributed by atoms with E-state index < -0.39 is 47.7 Å². The number of esters is 1. The van der Waals surface area contributed by atoms with Crippen molar-refractivity contribution < 1.29 is 95.8 Å². The number of unbranched alkanes of at least 4 members (excludes halogenated alkanes) is 3. The van der Waals surface area contributed by atoms with E-state index in [4.69, 9.17) is 4.74 Å². The summed E-state index contributed by atoms with van der Waals surface area (Å²) in [7, 11) is 6.60. The molecule has 0 aromatic heterocycles. The van der Waals surface area contributed by atoms with Gasteiger partial charge in [0.2, 0.25) is 106 Å². The van der Waals surface area contributed by atoms with Crippen molar-refractivity contribution >= 4 is 159 Å². The minimum atomic E-state index is -1.18. The second-order valence-electron chi connectivity index (χ2n) is 31.7. The highest BCUT2D eigenvalue weighted by Crippen LogP contribution is 2.15. The molecular formula is C91H168N18O20S4. The molecule has 0 saturated heterocycles. The van der Waals surface area contributed by atoms with Gasteiger partial charge in [0.15, 0.2) is 0 Å². The average Bonchev–Trinajstić information content (AvgIpc) is 0.884. The topological polar surface area (TPSA) is 445 Å². The molecule has 0 rings (SSSR count). The predicted molar refractivity (Wildman–Crippen MR) is 529 cm³/mol. The third-order valence-corrected chi connectivity index (χ3v) is 25.6. The highest BCUT2D eigenvalue weighted by atomic mass is 32.2. The molecule has 0 aliphatic rings. The van der Waals surface area contributed by atoms with Crippen molar-refractivity contribution in [2.45, 2.75) is 239 Å². The molecule has 38 nitrogen and oxygen atoms in total. The number of nitrogens with zero attached hydrogens (tertiary/aromatic N) is 12. The third-order valence-electron chi connectivity index (χ3n) is 21.7. The molecule has 0 aliphatic carbocycles. The molecular weight excluding hydrogens is 1790 g/mol. The molecule has 18 amide bonds. The van der Waals surface area contributed by atoms with Crippen molar-refractivity contribution in [2.75, 3.05) is 231 Å². The van der Waals surface area contributed by atoms with E-state index in [-0.39, 0.29) is 220 Å². The summed E-state index contributed by atoms with van der Waals surface area (Å²) in [5.41, 5.74) is 0. The zero-order valence-electron chi connectivity index (χ0n) is 83.0. The van der Waals surface area contributed by atoms with Crippen LogP contribution in [-0.2, 0) is 95.8 Å². The molecule has 3 atom stereocenters. The Morgan fingerprint density at radius 1 is 0.263 bits per heavy atom. The highest BCUT2D eigenvalue weighted by molar-refractivity contribution is 7.99. The number of amides is 18. The number of likely N-dealkylation sites (N-methyl/N-ethyl adjacent to an activating group) is 4. The molecule has 766 valence electrons. The van der Waals surface area contributed by atoms with E-state index in [1.54, 1.807) is 102 Å². The van der Waals surface area contributed by atoms with E-state index in [2.05, 4.69) is 31.9 Å². The average molecular weight is 1960 g/mol. The standard InChI is InChI=1S/C88H158N18O20S4.C2H6.CH4/c1-18-82(119)103(51-47-99(71(10)111)43-39-95(14)67(6)107)55-63-127-59-32-78(115)89-36-26-23-29-75(92-80(117)34-61-129-65-57-105(84(121)20-3)53-49-101(73(12)113)45-41-97(16)69(8)109)86(123)91-38-28-25-31-77(88(125)126-22-5)94-87(124)76(93-81(118)35-62-130-66-58-106(85(122)21-4)54-50-102(74(13)114)46-42-98(17)70(9)110)30-24-27-37-90-79(116)33-60-128-64-56-104(83(120)19-2)52-48-100(72(11)112)44-40-96(15)68(7)108;1-2;/h75-77H,18-66H2,1-17H3,(H,89,115)(H,90,116)(H,91,123)(H,92,117)(H,93,118)(H,94,124);1-2H3;1H4. The molecule has 6 N–H and O–H groups in total. The summed E-state index contributed by atoms with van der Waals surface area (Å²) in [5, 5.41) is 17.3. The van der Waals surface area contributed by atoms with Crippen molar-refractivity contribution in [1.82, 2.24) is 90.7 Å². The van der Waals surface area contributed by atoms with E-state index in [9.17, 15) is 91.1 Å². The third kappa shape index (κ3) is 62.6. The molecule has 3 unspecified atom stereocenters. The Hall–Kier alpha value is -8.67. The first-order chi connectivity index (χ1) is 62.7. The van der Waals surface area contributed by atoms with Gasteiger partial charge in [0.05, 0.1) is 6.61 Å². The van der Waals surface area contributed by atoms with Crippen LogP contribution in [-0.4, -0.2) is 421 Å². The molecule has 0 aliphatic heterocycles. The monoisotopic (exact) mass is 1960 g/mol. The van der Waals surface area contributed by atoms with Crippen LogP contribution in [0.2, 0.25) is 0 Å². The van der Waals surface area contributed by atoms with Crippen LogP contribution in [0.3, 0.4) is 0 Å². The molecule has 0 saturated carbocycles. The van der Waals surface area contributed by atoms with Gasteiger partial charge in [0.1, 0.15) is 18.1 Å². The fourth-order valence-electron chi connectivity index (χ4n) is 12.7. The van der Waals surface area contributed by atoms with Crippen LogP contribution in [0.25, 0.3) is 0 Å². The first kappa shape index (κ1) is 128. The Morgan fingerprint density at radius 3 is 0.744 bits per heavy atom. The number of rotatable bonds is 74. The lowest BCUT2D eigenvalue weighted by Crippen LogP contribution is -2.52. The van der Waals surface area contributed by atoms with Gasteiger partial charge in [-0.25, -0.2) is 4.79 Å². The Labute approximate surface area is 811 Å². The number of nitrogens with one attached hydrogen (secondary N) is 6. The maximum atomic E-state index is 14.5. The van der Waals surface area contributed by atoms with E-state index in [1.807, 2.05) is 13.8 Å². The van der Waals surface area contributed by atoms with Crippen molar-refractivity contribution in [1.29, 1.82) is 0 Å². The van der Waals surface area contributed by atoms with Gasteiger partial charge in [-0.3, -0.25) is 86.3 Å². The number of hydrogen-bond donors (Lipinski definition) is 6. The second-order valence-corrected chi connectivity index (χ2v) is 36.6. The Kier molecular flexibility index (Phi) is 75.8. The van der Waals surface area contributed by atoms with Crippen LogP contribution in [0.1, 0.15) is 220 Å². The fraction of sp³-hybridized carbons (Fsp3) is 0.791. The Balaban J connectivity index is -0.0000559. The Bertz CT molecular complexity index is 3510. The van der Waals surface area contributed by atoms with Crippen molar-refractivity contribution in [3.8, 4) is 0 Å². The molecule has 42 heteroatoms. The molecule has 133 heavy (non-hydrogen) atoms. The summed E-state index contributed by atoms with van der Waals surface area (Å²) in [5.74, 6) is -1.11. The lowest BCUT2D eigenvalue weighted by Gasteiger charge is -2.28. The molecule has 0 fully saturated rings. The van der Waals surface area contributed by atoms with E-state index in [1.165, 1.54) is 122 Å². The lowest BCUT2D eigenvalue weighted by molar-refractivity contribution is -0.148. The lowest BCUT2D eigenvalue weighted by atomic mass is 10.1. The van der Waals surface area contributed by atoms with Crippen LogP contribution in [0.5, 0.6) is 0 Å². The zero-order valence-corrected chi connectivity index (χ0v) is 86.3. The highest BCUT2D eigenvalue weighted by Gasteiger charge is 2.30. The van der Waals surface area contributed by atoms with Crippen LogP contribution in [0.4, 0.5) is 0 Å². The number of carbonyl (C=O) groups is 19. The van der Waals surface area contributed by atoms with Crippen molar-refractivity contribution in [3.05, 3.63) is 0 Å². The summed E-state index contributed by atoms with van der Waals surface area (Å²) in [4.78, 5) is 264. The minimum Gasteiger partial charge on any atom is -0.464 e. The van der Waals surface area contributed by atoms with Gasteiger partial charge in [-0.2, -0.15) is 47.0 Å². The van der Waals surface area contributed by atoms with Crippen molar-refractivity contribution in [3.63, 3.8) is 0 Å². The first-order valence-corrected chi connectivity index (χ1v) is 51.5. The smallest absolute Gasteiger partial charge is 0.328 e. The molecule has 0 aromatic carbocycles. The maximum absolute atomic E-state index is 14.5. The van der Waals surface area contributed by atoms with Gasteiger partial charge in [0.25, 0.3) is 0 Å². The van der Waals surface area contributed by atoms with Crippen LogP contribution < -0.4 is 31.9 Å². The van der Waals surface area contributed by atoms with Crippen LogP contribution >= 0.6 is 47.0 Å². The van der Waals surface area contributed by atoms with Gasteiger partial charge >= 0.3 is 5.97 Å². The molecule has 0 bridgehead atoms. The summed E-state index contributed by atoms with van der Waals surface area (Å²) in [6.45, 7) is 31.2. The molecule has 0 heterocycles. The molecule has 0 aromatic rings. The van der Waals surface area contributed by atoms with Crippen LogP contribution in [0.15, 0.2) is 0 Å². The summed E-state index contributed by atoms with van der Waals surface area (Å²) >= 11 is 5.87. The second kappa shape index (κ2) is 78.5.